The molecule has 1 fully saturated rings. The van der Waals surface area contributed by atoms with Crippen molar-refractivity contribution in [2.45, 2.75) is 68.4 Å². The predicted octanol–water partition coefficient (Wildman–Crippen LogP) is 3.10. The van der Waals surface area contributed by atoms with Crippen LogP contribution in [-0.2, 0) is 42.2 Å². The van der Waals surface area contributed by atoms with Crippen molar-refractivity contribution in [1.29, 1.82) is 0 Å². The summed E-state index contributed by atoms with van der Waals surface area (Å²) in [6.07, 6.45) is 6.70. The van der Waals surface area contributed by atoms with E-state index in [9.17, 15) is 24.0 Å². The first-order chi connectivity index (χ1) is 23.4. The lowest BCUT2D eigenvalue weighted by molar-refractivity contribution is -0.170. The summed E-state index contributed by atoms with van der Waals surface area (Å²) >= 11 is 0. The van der Waals surface area contributed by atoms with Gasteiger partial charge >= 0.3 is 17.9 Å². The van der Waals surface area contributed by atoms with Gasteiger partial charge in [-0.2, -0.15) is 0 Å². The normalized spacial score (nSPS) is 17.7. The smallest absolute Gasteiger partial charge is 0.336 e. The molecule has 13 nitrogen and oxygen atoms in total. The van der Waals surface area contributed by atoms with Gasteiger partial charge in [0, 0.05) is 43.2 Å². The number of carboxylic acids is 3. The zero-order valence-electron chi connectivity index (χ0n) is 27.0. The SMILES string of the molecule is O=C(Nc1ccncc1)[C@@H]1Cc2ccccc2N1C(=O)CCN1CCC2(CCc3ccccc32)CC1.O=C(O)CC(O)(CC(=O)O)C(=O)O. The van der Waals surface area contributed by atoms with Gasteiger partial charge in [-0.05, 0) is 79.1 Å². The lowest BCUT2D eigenvalue weighted by Gasteiger charge is -2.40. The zero-order chi connectivity index (χ0) is 35.2. The highest BCUT2D eigenvalue weighted by Crippen LogP contribution is 2.46. The summed E-state index contributed by atoms with van der Waals surface area (Å²) in [4.78, 5) is 65.4. The van der Waals surface area contributed by atoms with Crippen molar-refractivity contribution in [3.8, 4) is 0 Å². The molecule has 0 radical (unpaired) electrons. The van der Waals surface area contributed by atoms with Gasteiger partial charge in [0.25, 0.3) is 0 Å². The van der Waals surface area contributed by atoms with Gasteiger partial charge in [-0.3, -0.25) is 29.1 Å². The van der Waals surface area contributed by atoms with Crippen LogP contribution < -0.4 is 10.2 Å². The highest BCUT2D eigenvalue weighted by atomic mass is 16.4. The number of rotatable bonds is 10. The molecule has 3 aliphatic rings. The molecule has 3 heterocycles. The second kappa shape index (κ2) is 15.0. The standard InChI is InChI=1S/C30H32N4O2.C6H8O7/c35-28(12-18-33-19-14-30(15-20-33)13-9-22-5-1-3-7-25(22)30)34-26-8-4-2-6-23(26)21-27(34)29(36)32-24-10-16-31-17-11-24;7-3(8)1-6(13,5(11)12)2-4(9)10/h1-8,10-11,16-17,27H,9,12-15,18-21H2,(H,31,32,36);13H,1-2H2,(H,7,8)(H,9,10)(H,11,12)/t27-;/m0./s1. The van der Waals surface area contributed by atoms with Crippen molar-refractivity contribution in [3.63, 3.8) is 0 Å². The third-order valence-electron chi connectivity index (χ3n) is 9.70. The minimum atomic E-state index is -2.74. The van der Waals surface area contributed by atoms with Gasteiger partial charge < -0.3 is 30.6 Å². The highest BCUT2D eigenvalue weighted by molar-refractivity contribution is 6.07. The van der Waals surface area contributed by atoms with Crippen LogP contribution in [0.25, 0.3) is 0 Å². The van der Waals surface area contributed by atoms with Crippen molar-refractivity contribution in [1.82, 2.24) is 9.88 Å². The molecule has 0 bridgehead atoms. The maximum Gasteiger partial charge on any atom is 0.336 e. The number of amides is 2. The molecule has 2 amide bonds. The Morgan fingerprint density at radius 2 is 1.45 bits per heavy atom. The minimum absolute atomic E-state index is 0.0151. The number of carboxylic acid groups (broad SMARTS) is 3. The Labute approximate surface area is 283 Å². The molecule has 13 heteroatoms. The van der Waals surface area contributed by atoms with E-state index in [1.165, 1.54) is 18.4 Å². The van der Waals surface area contributed by atoms with Crippen LogP contribution in [-0.4, -0.2) is 91.3 Å². The van der Waals surface area contributed by atoms with Crippen LogP contribution in [0, 0.1) is 0 Å². The first kappa shape index (κ1) is 35.2. The van der Waals surface area contributed by atoms with Gasteiger partial charge in [-0.1, -0.05) is 42.5 Å². The molecule has 1 saturated heterocycles. The molecule has 2 aliphatic heterocycles. The van der Waals surface area contributed by atoms with Crippen LogP contribution >= 0.6 is 0 Å². The van der Waals surface area contributed by atoms with E-state index < -0.39 is 42.4 Å². The Morgan fingerprint density at radius 3 is 2.08 bits per heavy atom. The largest absolute Gasteiger partial charge is 0.481 e. The molecular formula is C36H40N4O9. The van der Waals surface area contributed by atoms with E-state index in [-0.39, 0.29) is 11.8 Å². The number of para-hydroxylation sites is 1. The van der Waals surface area contributed by atoms with E-state index in [1.54, 1.807) is 35.0 Å². The number of nitrogens with one attached hydrogen (secondary N) is 1. The number of nitrogens with zero attached hydrogens (tertiary/aromatic N) is 3. The fourth-order valence-corrected chi connectivity index (χ4v) is 7.14. The topological polar surface area (TPSA) is 198 Å². The number of aryl methyl sites for hydroxylation is 1. The molecule has 2 aromatic carbocycles. The number of anilines is 2. The fourth-order valence-electron chi connectivity index (χ4n) is 7.14. The number of likely N-dealkylation sites (tertiary alicyclic amines) is 1. The van der Waals surface area contributed by atoms with Gasteiger partial charge in [0.1, 0.15) is 6.04 Å². The summed E-state index contributed by atoms with van der Waals surface area (Å²) in [6.45, 7) is 2.77. The van der Waals surface area contributed by atoms with Crippen molar-refractivity contribution >= 4 is 41.1 Å². The second-order valence-corrected chi connectivity index (χ2v) is 12.8. The minimum Gasteiger partial charge on any atom is -0.481 e. The number of pyridine rings is 1. The maximum absolute atomic E-state index is 13.5. The van der Waals surface area contributed by atoms with E-state index in [0.717, 1.165) is 43.7 Å². The van der Waals surface area contributed by atoms with Crippen LogP contribution in [0.3, 0.4) is 0 Å². The summed E-state index contributed by atoms with van der Waals surface area (Å²) < 4.78 is 0. The monoisotopic (exact) mass is 672 g/mol. The van der Waals surface area contributed by atoms with Gasteiger partial charge in [0.15, 0.2) is 5.60 Å². The molecule has 1 spiro atoms. The van der Waals surface area contributed by atoms with E-state index in [2.05, 4.69) is 39.5 Å². The zero-order valence-corrected chi connectivity index (χ0v) is 27.0. The molecule has 5 N–H and O–H groups in total. The average molecular weight is 673 g/mol. The number of hydrogen-bond donors (Lipinski definition) is 5. The Morgan fingerprint density at radius 1 is 0.837 bits per heavy atom. The van der Waals surface area contributed by atoms with Gasteiger partial charge in [-0.25, -0.2) is 4.79 Å². The number of aliphatic carboxylic acids is 3. The summed E-state index contributed by atoms with van der Waals surface area (Å²) in [5, 5.41) is 36.8. The lowest BCUT2D eigenvalue weighted by atomic mass is 9.74. The van der Waals surface area contributed by atoms with Crippen LogP contribution in [0.4, 0.5) is 11.4 Å². The number of carbonyl (C=O) groups excluding carboxylic acids is 2. The molecule has 1 atom stereocenters. The van der Waals surface area contributed by atoms with Crippen molar-refractivity contribution in [3.05, 3.63) is 89.7 Å². The summed E-state index contributed by atoms with van der Waals surface area (Å²) in [6, 6.07) is 19.8. The van der Waals surface area contributed by atoms with E-state index in [1.807, 2.05) is 24.3 Å². The van der Waals surface area contributed by atoms with Crippen LogP contribution in [0.5, 0.6) is 0 Å². The van der Waals surface area contributed by atoms with Crippen molar-refractivity contribution < 1.29 is 44.4 Å². The van der Waals surface area contributed by atoms with Crippen LogP contribution in [0.2, 0.25) is 0 Å². The number of fused-ring (bicyclic) bond motifs is 3. The highest BCUT2D eigenvalue weighted by Gasteiger charge is 2.42. The third-order valence-corrected chi connectivity index (χ3v) is 9.70. The quantitative estimate of drug-likeness (QED) is 0.212. The fraction of sp³-hybridized carbons (Fsp3) is 0.389. The van der Waals surface area contributed by atoms with Gasteiger partial charge in [-0.15, -0.1) is 0 Å². The number of carbonyl (C=O) groups is 5. The Bertz CT molecular complexity index is 1690. The number of piperidine rings is 1. The number of hydrogen-bond acceptors (Lipinski definition) is 8. The molecule has 49 heavy (non-hydrogen) atoms. The molecule has 258 valence electrons. The molecule has 3 aromatic rings. The van der Waals surface area contributed by atoms with Crippen LogP contribution in [0.15, 0.2) is 73.1 Å². The maximum atomic E-state index is 13.5. The summed E-state index contributed by atoms with van der Waals surface area (Å²) in [5.74, 6) is -5.17. The first-order valence-electron chi connectivity index (χ1n) is 16.2. The molecule has 0 unspecified atom stereocenters. The van der Waals surface area contributed by atoms with Gasteiger partial charge in [0.05, 0.1) is 12.8 Å². The van der Waals surface area contributed by atoms with E-state index in [0.29, 0.717) is 23.9 Å². The first-order valence-corrected chi connectivity index (χ1v) is 16.2. The van der Waals surface area contributed by atoms with E-state index >= 15 is 0 Å². The summed E-state index contributed by atoms with van der Waals surface area (Å²) in [5.41, 5.74) is 3.24. The molecule has 6 rings (SSSR count). The molecular weight excluding hydrogens is 632 g/mol. The average Bonchev–Trinajstić information content (AvgIpc) is 3.64. The number of aliphatic hydroxyl groups is 1. The molecule has 1 aromatic heterocycles. The number of aromatic nitrogens is 1. The Hall–Kier alpha value is -5.14. The Balaban J connectivity index is 0.000000308. The van der Waals surface area contributed by atoms with Gasteiger partial charge in [0.2, 0.25) is 11.8 Å². The third kappa shape index (κ3) is 8.12. The van der Waals surface area contributed by atoms with Crippen LogP contribution in [0.1, 0.15) is 55.2 Å². The summed E-state index contributed by atoms with van der Waals surface area (Å²) in [7, 11) is 0. The van der Waals surface area contributed by atoms with Crippen molar-refractivity contribution in [2.75, 3.05) is 29.9 Å². The molecule has 0 saturated carbocycles. The Kier molecular flexibility index (Phi) is 10.7. The van der Waals surface area contributed by atoms with Crippen molar-refractivity contribution in [2.24, 2.45) is 0 Å². The lowest BCUT2D eigenvalue weighted by Crippen LogP contribution is -2.47. The second-order valence-electron chi connectivity index (χ2n) is 12.8. The van der Waals surface area contributed by atoms with E-state index in [4.69, 9.17) is 20.4 Å². The number of benzene rings is 2. The molecule has 1 aliphatic carbocycles. The predicted molar refractivity (Wildman–Crippen MR) is 178 cm³/mol.